The minimum Gasteiger partial charge on any atom is -0.493 e. The summed E-state index contributed by atoms with van der Waals surface area (Å²) in [4.78, 5) is 26.7. The van der Waals surface area contributed by atoms with Crippen molar-refractivity contribution in [1.29, 1.82) is 0 Å². The first-order valence-corrected chi connectivity index (χ1v) is 8.77. The van der Waals surface area contributed by atoms with Gasteiger partial charge in [0.25, 0.3) is 11.5 Å². The van der Waals surface area contributed by atoms with Crippen LogP contribution < -0.4 is 15.0 Å². The fourth-order valence-electron chi connectivity index (χ4n) is 3.14. The number of ether oxygens (including phenoxy) is 2. The number of carbonyl (C=O) groups excluding carboxylic acids is 1. The molecule has 0 saturated heterocycles. The topological polar surface area (TPSA) is 60.8 Å². The number of nitrogens with zero attached hydrogens (tertiary/aromatic N) is 2. The monoisotopic (exact) mass is 402 g/mol. The number of fused-ring (bicyclic) bond motifs is 1. The Morgan fingerprint density at radius 2 is 1.86 bits per heavy atom. The molecule has 3 rings (SSSR count). The molecular weight excluding hydrogens is 382 g/mol. The number of aromatic nitrogens is 1. The summed E-state index contributed by atoms with van der Waals surface area (Å²) in [6, 6.07) is 13.0. The van der Waals surface area contributed by atoms with E-state index >= 15 is 0 Å². The average Bonchev–Trinajstić information content (AvgIpc) is 2.70. The van der Waals surface area contributed by atoms with Gasteiger partial charge in [0, 0.05) is 32.1 Å². The summed E-state index contributed by atoms with van der Waals surface area (Å²) in [5.74, 6) is -0.272. The van der Waals surface area contributed by atoms with E-state index in [4.69, 9.17) is 4.74 Å². The van der Waals surface area contributed by atoms with Crippen LogP contribution in [0.15, 0.2) is 53.3 Å². The molecule has 0 saturated carbocycles. The summed E-state index contributed by atoms with van der Waals surface area (Å²) in [5.41, 5.74) is 1.34. The highest BCUT2D eigenvalue weighted by atomic mass is 19.3. The summed E-state index contributed by atoms with van der Waals surface area (Å²) in [7, 11) is 4.60. The molecule has 1 heterocycles. The predicted molar refractivity (Wildman–Crippen MR) is 105 cm³/mol. The van der Waals surface area contributed by atoms with Gasteiger partial charge in [-0.1, -0.05) is 24.3 Å². The van der Waals surface area contributed by atoms with E-state index in [0.717, 1.165) is 0 Å². The van der Waals surface area contributed by atoms with Gasteiger partial charge in [0.1, 0.15) is 0 Å². The Morgan fingerprint density at radius 3 is 2.55 bits per heavy atom. The number of pyridine rings is 1. The first kappa shape index (κ1) is 20.3. The standard InChI is InChI=1S/C21H20F2N2O4/c1-24(12-13-8-9-17(29-21(22)23)18(10-13)28-3)20(27)15-11-19(26)25(2)16-7-5-4-6-14(15)16/h4-11,21H,12H2,1-3H3. The Bertz CT molecular complexity index is 1110. The minimum atomic E-state index is -2.96. The molecule has 0 radical (unpaired) electrons. The van der Waals surface area contributed by atoms with Gasteiger partial charge in [0.2, 0.25) is 0 Å². The summed E-state index contributed by atoms with van der Waals surface area (Å²) in [6.07, 6.45) is 0. The van der Waals surface area contributed by atoms with Crippen molar-refractivity contribution in [3.63, 3.8) is 0 Å². The highest BCUT2D eigenvalue weighted by Gasteiger charge is 2.18. The van der Waals surface area contributed by atoms with Crippen LogP contribution in [-0.2, 0) is 13.6 Å². The highest BCUT2D eigenvalue weighted by molar-refractivity contribution is 6.06. The smallest absolute Gasteiger partial charge is 0.387 e. The third-order valence-corrected chi connectivity index (χ3v) is 4.59. The van der Waals surface area contributed by atoms with Crippen LogP contribution in [0.4, 0.5) is 8.78 Å². The zero-order chi connectivity index (χ0) is 21.1. The van der Waals surface area contributed by atoms with Crippen molar-refractivity contribution < 1.29 is 23.0 Å². The van der Waals surface area contributed by atoms with Gasteiger partial charge in [-0.05, 0) is 23.8 Å². The molecule has 152 valence electrons. The largest absolute Gasteiger partial charge is 0.493 e. The van der Waals surface area contributed by atoms with Crippen LogP contribution in [0, 0.1) is 0 Å². The van der Waals surface area contributed by atoms with Crippen molar-refractivity contribution in [3.05, 3.63) is 70.0 Å². The first-order chi connectivity index (χ1) is 13.8. The van der Waals surface area contributed by atoms with E-state index in [2.05, 4.69) is 4.74 Å². The summed E-state index contributed by atoms with van der Waals surface area (Å²) in [5, 5.41) is 0.671. The molecule has 0 spiro atoms. The van der Waals surface area contributed by atoms with Gasteiger partial charge in [0.05, 0.1) is 18.2 Å². The van der Waals surface area contributed by atoms with Crippen LogP contribution in [0.1, 0.15) is 15.9 Å². The number of alkyl halides is 2. The van der Waals surface area contributed by atoms with Gasteiger partial charge in [-0.2, -0.15) is 8.78 Å². The fourth-order valence-corrected chi connectivity index (χ4v) is 3.14. The molecular formula is C21H20F2N2O4. The summed E-state index contributed by atoms with van der Waals surface area (Å²) >= 11 is 0. The Labute approximate surface area is 165 Å². The molecule has 1 aromatic heterocycles. The van der Waals surface area contributed by atoms with Crippen LogP contribution in [-0.4, -0.2) is 36.1 Å². The molecule has 0 N–H and O–H groups in total. The average molecular weight is 402 g/mol. The van der Waals surface area contributed by atoms with Crippen LogP contribution in [0.5, 0.6) is 11.5 Å². The van der Waals surface area contributed by atoms with Crippen molar-refractivity contribution in [2.24, 2.45) is 7.05 Å². The van der Waals surface area contributed by atoms with Crippen LogP contribution in [0.25, 0.3) is 10.9 Å². The molecule has 0 atom stereocenters. The quantitative estimate of drug-likeness (QED) is 0.634. The zero-order valence-electron chi connectivity index (χ0n) is 16.2. The number of amides is 1. The molecule has 0 bridgehead atoms. The number of rotatable bonds is 6. The number of para-hydroxylation sites is 1. The number of halogens is 2. The van der Waals surface area contributed by atoms with Gasteiger partial charge >= 0.3 is 6.61 Å². The lowest BCUT2D eigenvalue weighted by atomic mass is 10.1. The second kappa shape index (κ2) is 8.30. The number of methoxy groups -OCH3 is 1. The minimum absolute atomic E-state index is 0.0854. The number of carbonyl (C=O) groups is 1. The second-order valence-electron chi connectivity index (χ2n) is 6.50. The SMILES string of the molecule is COc1cc(CN(C)C(=O)c2cc(=O)n(C)c3ccccc23)ccc1OC(F)F. The molecule has 2 aromatic carbocycles. The van der Waals surface area contributed by atoms with Gasteiger partial charge < -0.3 is 18.9 Å². The van der Waals surface area contributed by atoms with E-state index in [1.165, 1.54) is 34.8 Å². The maximum atomic E-state index is 13.0. The second-order valence-corrected chi connectivity index (χ2v) is 6.50. The van der Waals surface area contributed by atoms with E-state index < -0.39 is 6.61 Å². The van der Waals surface area contributed by atoms with Crippen molar-refractivity contribution >= 4 is 16.8 Å². The maximum Gasteiger partial charge on any atom is 0.387 e. The van der Waals surface area contributed by atoms with Crippen molar-refractivity contribution in [1.82, 2.24) is 9.47 Å². The summed E-state index contributed by atoms with van der Waals surface area (Å²) in [6.45, 7) is -2.78. The highest BCUT2D eigenvalue weighted by Crippen LogP contribution is 2.30. The Balaban J connectivity index is 1.90. The van der Waals surface area contributed by atoms with Gasteiger partial charge in [0.15, 0.2) is 11.5 Å². The van der Waals surface area contributed by atoms with E-state index in [0.29, 0.717) is 22.0 Å². The molecule has 0 aliphatic heterocycles. The predicted octanol–water partition coefficient (Wildman–Crippen LogP) is 3.42. The molecule has 29 heavy (non-hydrogen) atoms. The molecule has 1 amide bonds. The Hall–Kier alpha value is -3.42. The van der Waals surface area contributed by atoms with Crippen LogP contribution >= 0.6 is 0 Å². The fraction of sp³-hybridized carbons (Fsp3) is 0.238. The lowest BCUT2D eigenvalue weighted by Crippen LogP contribution is -2.29. The lowest BCUT2D eigenvalue weighted by Gasteiger charge is -2.20. The molecule has 0 unspecified atom stereocenters. The zero-order valence-corrected chi connectivity index (χ0v) is 16.2. The molecule has 8 heteroatoms. The molecule has 0 aliphatic rings. The van der Waals surface area contributed by atoms with E-state index in [-0.39, 0.29) is 29.5 Å². The van der Waals surface area contributed by atoms with E-state index in [9.17, 15) is 18.4 Å². The normalized spacial score (nSPS) is 11.0. The maximum absolute atomic E-state index is 13.0. The molecule has 3 aromatic rings. The van der Waals surface area contributed by atoms with Gasteiger partial charge in [-0.25, -0.2) is 0 Å². The molecule has 0 aliphatic carbocycles. The van der Waals surface area contributed by atoms with Crippen molar-refractivity contribution in [3.8, 4) is 11.5 Å². The summed E-state index contributed by atoms with van der Waals surface area (Å²) < 4.78 is 35.9. The van der Waals surface area contributed by atoms with E-state index in [1.807, 2.05) is 0 Å². The lowest BCUT2D eigenvalue weighted by molar-refractivity contribution is -0.0512. The molecule has 0 fully saturated rings. The van der Waals surface area contributed by atoms with Crippen molar-refractivity contribution in [2.45, 2.75) is 13.2 Å². The van der Waals surface area contributed by atoms with Gasteiger partial charge in [-0.15, -0.1) is 0 Å². The molecule has 6 nitrogen and oxygen atoms in total. The number of aryl methyl sites for hydroxylation is 1. The number of hydrogen-bond acceptors (Lipinski definition) is 4. The number of benzene rings is 2. The Morgan fingerprint density at radius 1 is 1.14 bits per heavy atom. The Kier molecular flexibility index (Phi) is 5.81. The van der Waals surface area contributed by atoms with Crippen LogP contribution in [0.2, 0.25) is 0 Å². The van der Waals surface area contributed by atoms with E-state index in [1.54, 1.807) is 44.4 Å². The van der Waals surface area contributed by atoms with Gasteiger partial charge in [-0.3, -0.25) is 9.59 Å². The first-order valence-electron chi connectivity index (χ1n) is 8.77. The van der Waals surface area contributed by atoms with Crippen molar-refractivity contribution in [2.75, 3.05) is 14.2 Å². The third kappa shape index (κ3) is 4.21. The third-order valence-electron chi connectivity index (χ3n) is 4.59. The number of hydrogen-bond donors (Lipinski definition) is 0. The van der Waals surface area contributed by atoms with Crippen LogP contribution in [0.3, 0.4) is 0 Å².